The highest BCUT2D eigenvalue weighted by molar-refractivity contribution is 5.83. The maximum atomic E-state index is 6.04. The normalized spacial score (nSPS) is 12.9. The first-order valence-corrected chi connectivity index (χ1v) is 5.53. The number of nitrogens with two attached hydrogens (primary N) is 1. The molecule has 2 heteroatoms. The van der Waals surface area contributed by atoms with Gasteiger partial charge in [-0.15, -0.1) is 0 Å². The highest BCUT2D eigenvalue weighted by Gasteiger charge is 2.10. The molecule has 0 saturated heterocycles. The lowest BCUT2D eigenvalue weighted by molar-refractivity contribution is 0.766. The summed E-state index contributed by atoms with van der Waals surface area (Å²) in [6, 6.07) is 8.45. The monoisotopic (exact) mass is 214 g/mol. The first-order valence-electron chi connectivity index (χ1n) is 5.53. The molecule has 1 unspecified atom stereocenters. The maximum Gasteiger partial charge on any atom is 0.0480 e. The lowest BCUT2D eigenvalue weighted by atomic mass is 10.0. The lowest BCUT2D eigenvalue weighted by Gasteiger charge is -2.09. The smallest absolute Gasteiger partial charge is 0.0480 e. The first-order chi connectivity index (χ1) is 7.59. The van der Waals surface area contributed by atoms with Gasteiger partial charge in [-0.1, -0.05) is 30.4 Å². The molecule has 0 aliphatic carbocycles. The van der Waals surface area contributed by atoms with Crippen LogP contribution in [-0.2, 0) is 13.5 Å². The van der Waals surface area contributed by atoms with Gasteiger partial charge in [-0.05, 0) is 25.0 Å². The Bertz CT molecular complexity index is 523. The minimum atomic E-state index is 0.0470. The van der Waals surface area contributed by atoms with Crippen molar-refractivity contribution < 1.29 is 0 Å². The molecule has 1 atom stereocenters. The van der Waals surface area contributed by atoms with E-state index in [4.69, 9.17) is 5.73 Å². The van der Waals surface area contributed by atoms with Crippen LogP contribution in [0.25, 0.3) is 10.9 Å². The third kappa shape index (κ3) is 1.89. The van der Waals surface area contributed by atoms with Crippen LogP contribution in [0.5, 0.6) is 0 Å². The second kappa shape index (κ2) is 4.14. The minimum absolute atomic E-state index is 0.0470. The average molecular weight is 214 g/mol. The molecule has 2 nitrogen and oxygen atoms in total. The van der Waals surface area contributed by atoms with Crippen LogP contribution in [0.3, 0.4) is 0 Å². The van der Waals surface area contributed by atoms with Crippen LogP contribution in [0.4, 0.5) is 0 Å². The number of rotatable bonds is 3. The van der Waals surface area contributed by atoms with Crippen LogP contribution in [0.15, 0.2) is 42.6 Å². The summed E-state index contributed by atoms with van der Waals surface area (Å²) < 4.78 is 2.15. The summed E-state index contributed by atoms with van der Waals surface area (Å²) in [6.07, 6.45) is 3.02. The Labute approximate surface area is 96.4 Å². The molecule has 1 aromatic heterocycles. The molecule has 0 saturated carbocycles. The fourth-order valence-corrected chi connectivity index (χ4v) is 2.00. The van der Waals surface area contributed by atoms with Crippen molar-refractivity contribution in [3.8, 4) is 0 Å². The largest absolute Gasteiger partial charge is 0.350 e. The second-order valence-electron chi connectivity index (χ2n) is 4.44. The summed E-state index contributed by atoms with van der Waals surface area (Å²) in [4.78, 5) is 0. The molecule has 84 valence electrons. The van der Waals surface area contributed by atoms with Gasteiger partial charge in [0.05, 0.1) is 0 Å². The van der Waals surface area contributed by atoms with Gasteiger partial charge >= 0.3 is 0 Å². The fourth-order valence-electron chi connectivity index (χ4n) is 2.00. The zero-order valence-electron chi connectivity index (χ0n) is 9.90. The van der Waals surface area contributed by atoms with E-state index in [1.807, 2.05) is 6.92 Å². The molecule has 0 radical (unpaired) electrons. The summed E-state index contributed by atoms with van der Waals surface area (Å²) in [5, 5.41) is 1.29. The molecule has 2 aromatic rings. The van der Waals surface area contributed by atoms with Crippen LogP contribution >= 0.6 is 0 Å². The van der Waals surface area contributed by atoms with Crippen molar-refractivity contribution in [1.82, 2.24) is 4.57 Å². The predicted octanol–water partition coefficient (Wildman–Crippen LogP) is 2.62. The number of hydrogen-bond acceptors (Lipinski definition) is 1. The van der Waals surface area contributed by atoms with Gasteiger partial charge in [0, 0.05) is 30.2 Å². The molecule has 1 aromatic carbocycles. The van der Waals surface area contributed by atoms with E-state index in [1.54, 1.807) is 0 Å². The number of para-hydroxylation sites is 1. The first kappa shape index (κ1) is 11.0. The van der Waals surface area contributed by atoms with E-state index in [2.05, 4.69) is 48.7 Å². The molecule has 0 aliphatic heterocycles. The topological polar surface area (TPSA) is 30.9 Å². The summed E-state index contributed by atoms with van der Waals surface area (Å²) in [6.45, 7) is 5.89. The quantitative estimate of drug-likeness (QED) is 0.782. The van der Waals surface area contributed by atoms with E-state index >= 15 is 0 Å². The Balaban J connectivity index is 2.42. The predicted molar refractivity (Wildman–Crippen MR) is 69.4 cm³/mol. The molecular formula is C14H18N2. The van der Waals surface area contributed by atoms with Crippen LogP contribution in [0.1, 0.15) is 12.5 Å². The summed E-state index contributed by atoms with van der Waals surface area (Å²) in [7, 11) is 2.07. The van der Waals surface area contributed by atoms with Gasteiger partial charge in [-0.3, -0.25) is 0 Å². The zero-order chi connectivity index (χ0) is 11.7. The van der Waals surface area contributed by atoms with Crippen LogP contribution in [0, 0.1) is 0 Å². The van der Waals surface area contributed by atoms with Crippen LogP contribution in [-0.4, -0.2) is 10.6 Å². The van der Waals surface area contributed by atoms with Gasteiger partial charge < -0.3 is 10.3 Å². The second-order valence-corrected chi connectivity index (χ2v) is 4.44. The van der Waals surface area contributed by atoms with E-state index in [9.17, 15) is 0 Å². The van der Waals surface area contributed by atoms with Crippen molar-refractivity contribution in [3.63, 3.8) is 0 Å². The molecule has 2 rings (SSSR count). The molecule has 1 heterocycles. The SMILES string of the molecule is C=C(C)C(N)Cc1cn(C)c2ccccc12. The van der Waals surface area contributed by atoms with Gasteiger partial charge in [-0.25, -0.2) is 0 Å². The Hall–Kier alpha value is -1.54. The van der Waals surface area contributed by atoms with Crippen LogP contribution in [0.2, 0.25) is 0 Å². The number of hydrogen-bond donors (Lipinski definition) is 1. The number of nitrogens with zero attached hydrogens (tertiary/aromatic N) is 1. The van der Waals surface area contributed by atoms with Crippen molar-refractivity contribution in [2.24, 2.45) is 12.8 Å². The van der Waals surface area contributed by atoms with E-state index in [1.165, 1.54) is 16.5 Å². The number of aryl methyl sites for hydroxylation is 1. The van der Waals surface area contributed by atoms with Gasteiger partial charge in [0.1, 0.15) is 0 Å². The number of benzene rings is 1. The van der Waals surface area contributed by atoms with Gasteiger partial charge in [0.15, 0.2) is 0 Å². The Morgan fingerprint density at radius 1 is 1.44 bits per heavy atom. The minimum Gasteiger partial charge on any atom is -0.350 e. The molecule has 16 heavy (non-hydrogen) atoms. The van der Waals surface area contributed by atoms with E-state index < -0.39 is 0 Å². The molecule has 0 fully saturated rings. The van der Waals surface area contributed by atoms with Gasteiger partial charge in [0.25, 0.3) is 0 Å². The Morgan fingerprint density at radius 3 is 2.81 bits per heavy atom. The van der Waals surface area contributed by atoms with E-state index in [-0.39, 0.29) is 6.04 Å². The van der Waals surface area contributed by atoms with Crippen molar-refractivity contribution in [2.75, 3.05) is 0 Å². The van der Waals surface area contributed by atoms with Crippen molar-refractivity contribution >= 4 is 10.9 Å². The molecule has 0 bridgehead atoms. The fraction of sp³-hybridized carbons (Fsp3) is 0.286. The Morgan fingerprint density at radius 2 is 2.12 bits per heavy atom. The molecule has 2 N–H and O–H groups in total. The molecule has 0 spiro atoms. The standard InChI is InChI=1S/C14H18N2/c1-10(2)13(15)8-11-9-16(3)14-7-5-4-6-12(11)14/h4-7,9,13H,1,8,15H2,2-3H3. The van der Waals surface area contributed by atoms with Crippen molar-refractivity contribution in [3.05, 3.63) is 48.2 Å². The molecular weight excluding hydrogens is 196 g/mol. The highest BCUT2D eigenvalue weighted by atomic mass is 14.9. The van der Waals surface area contributed by atoms with E-state index in [0.717, 1.165) is 12.0 Å². The highest BCUT2D eigenvalue weighted by Crippen LogP contribution is 2.21. The maximum absolute atomic E-state index is 6.04. The number of fused-ring (bicyclic) bond motifs is 1. The summed E-state index contributed by atoms with van der Waals surface area (Å²) in [5.41, 5.74) is 9.63. The van der Waals surface area contributed by atoms with Gasteiger partial charge in [-0.2, -0.15) is 0 Å². The van der Waals surface area contributed by atoms with Crippen molar-refractivity contribution in [1.29, 1.82) is 0 Å². The molecule has 0 aliphatic rings. The summed E-state index contributed by atoms with van der Waals surface area (Å²) >= 11 is 0. The third-order valence-electron chi connectivity index (χ3n) is 3.05. The van der Waals surface area contributed by atoms with E-state index in [0.29, 0.717) is 0 Å². The lowest BCUT2D eigenvalue weighted by Crippen LogP contribution is -2.23. The average Bonchev–Trinajstić information content (AvgIpc) is 2.57. The zero-order valence-corrected chi connectivity index (χ0v) is 9.90. The van der Waals surface area contributed by atoms with Gasteiger partial charge in [0.2, 0.25) is 0 Å². The number of aromatic nitrogens is 1. The van der Waals surface area contributed by atoms with Crippen molar-refractivity contribution in [2.45, 2.75) is 19.4 Å². The Kier molecular flexibility index (Phi) is 2.84. The molecule has 0 amide bonds. The third-order valence-corrected chi connectivity index (χ3v) is 3.05. The summed E-state index contributed by atoms with van der Waals surface area (Å²) in [5.74, 6) is 0. The van der Waals surface area contributed by atoms with Crippen LogP contribution < -0.4 is 5.73 Å².